The van der Waals surface area contributed by atoms with E-state index in [4.69, 9.17) is 11.6 Å². The molecule has 0 bridgehead atoms. The molecular formula is C20H16ClFN2O3S2. The van der Waals surface area contributed by atoms with E-state index in [0.717, 1.165) is 28.5 Å². The van der Waals surface area contributed by atoms with Crippen LogP contribution in [0.5, 0.6) is 0 Å². The van der Waals surface area contributed by atoms with Gasteiger partial charge in [-0.3, -0.25) is 4.79 Å². The Morgan fingerprint density at radius 1 is 1.14 bits per heavy atom. The second-order valence-electron chi connectivity index (χ2n) is 6.58. The third kappa shape index (κ3) is 3.93. The number of carbonyl (C=O) groups is 1. The molecule has 9 heteroatoms. The van der Waals surface area contributed by atoms with Gasteiger partial charge in [-0.15, -0.1) is 11.3 Å². The average Bonchev–Trinajstić information content (AvgIpc) is 3.25. The molecule has 4 rings (SSSR count). The van der Waals surface area contributed by atoms with Crippen molar-refractivity contribution in [1.82, 2.24) is 4.31 Å². The van der Waals surface area contributed by atoms with Crippen LogP contribution in [0.1, 0.15) is 11.1 Å². The maximum Gasteiger partial charge on any atom is 0.253 e. The number of anilines is 1. The number of nitrogens with one attached hydrogen (secondary N) is 1. The monoisotopic (exact) mass is 450 g/mol. The van der Waals surface area contributed by atoms with E-state index < -0.39 is 27.8 Å². The number of benzene rings is 2. The van der Waals surface area contributed by atoms with E-state index in [-0.39, 0.29) is 27.9 Å². The van der Waals surface area contributed by atoms with E-state index in [2.05, 4.69) is 5.32 Å². The van der Waals surface area contributed by atoms with E-state index in [1.54, 1.807) is 11.4 Å². The topological polar surface area (TPSA) is 66.5 Å². The Morgan fingerprint density at radius 2 is 1.90 bits per heavy atom. The lowest BCUT2D eigenvalue weighted by Gasteiger charge is -2.34. The van der Waals surface area contributed by atoms with E-state index in [1.165, 1.54) is 22.5 Å². The molecule has 5 nitrogen and oxygen atoms in total. The molecule has 0 fully saturated rings. The molecule has 0 unspecified atom stereocenters. The Labute approximate surface area is 176 Å². The van der Waals surface area contributed by atoms with Crippen molar-refractivity contribution >= 4 is 44.6 Å². The van der Waals surface area contributed by atoms with Crippen LogP contribution >= 0.6 is 22.9 Å². The van der Waals surface area contributed by atoms with Gasteiger partial charge < -0.3 is 5.32 Å². The smallest absolute Gasteiger partial charge is 0.253 e. The highest BCUT2D eigenvalue weighted by Gasteiger charge is 2.40. The number of thiophene rings is 1. The SMILES string of the molecule is O=C(Nc1ccc(Cl)cc1F)[C@@H]1Cc2ccccc2CN1S(=O)(=O)c1cccs1. The molecule has 1 amide bonds. The third-order valence-electron chi connectivity index (χ3n) is 4.76. The molecule has 2 heterocycles. The summed E-state index contributed by atoms with van der Waals surface area (Å²) < 4.78 is 41.9. The quantitative estimate of drug-likeness (QED) is 0.644. The maximum atomic E-state index is 14.1. The normalized spacial score (nSPS) is 17.0. The van der Waals surface area contributed by atoms with Crippen LogP contribution < -0.4 is 5.32 Å². The van der Waals surface area contributed by atoms with Gasteiger partial charge in [-0.2, -0.15) is 4.31 Å². The molecule has 0 spiro atoms. The lowest BCUT2D eigenvalue weighted by molar-refractivity contribution is -0.120. The number of nitrogens with zero attached hydrogens (tertiary/aromatic N) is 1. The van der Waals surface area contributed by atoms with Crippen molar-refractivity contribution in [2.24, 2.45) is 0 Å². The number of rotatable bonds is 4. The van der Waals surface area contributed by atoms with Crippen molar-refractivity contribution < 1.29 is 17.6 Å². The van der Waals surface area contributed by atoms with E-state index >= 15 is 0 Å². The fourth-order valence-corrected chi connectivity index (χ4v) is 6.15. The Balaban J connectivity index is 1.71. The van der Waals surface area contributed by atoms with Crippen LogP contribution in [-0.4, -0.2) is 24.7 Å². The number of carbonyl (C=O) groups excluding carboxylic acids is 1. The van der Waals surface area contributed by atoms with Crippen LogP contribution in [0, 0.1) is 5.82 Å². The van der Waals surface area contributed by atoms with Gasteiger partial charge in [0, 0.05) is 11.6 Å². The average molecular weight is 451 g/mol. The minimum Gasteiger partial charge on any atom is -0.322 e. The van der Waals surface area contributed by atoms with E-state index in [0.29, 0.717) is 0 Å². The molecule has 3 aromatic rings. The molecule has 0 aliphatic carbocycles. The summed E-state index contributed by atoms with van der Waals surface area (Å²) in [4.78, 5) is 13.0. The summed E-state index contributed by atoms with van der Waals surface area (Å²) in [5, 5.41) is 4.38. The lowest BCUT2D eigenvalue weighted by atomic mass is 9.95. The zero-order chi connectivity index (χ0) is 20.6. The van der Waals surface area contributed by atoms with Gasteiger partial charge in [-0.05, 0) is 47.2 Å². The van der Waals surface area contributed by atoms with Crippen LogP contribution in [0.2, 0.25) is 5.02 Å². The van der Waals surface area contributed by atoms with Crippen molar-refractivity contribution in [3.8, 4) is 0 Å². The minimum absolute atomic E-state index is 0.0493. The predicted molar refractivity (Wildman–Crippen MR) is 111 cm³/mol. The lowest BCUT2D eigenvalue weighted by Crippen LogP contribution is -2.50. The fraction of sp³-hybridized carbons (Fsp3) is 0.150. The van der Waals surface area contributed by atoms with Crippen molar-refractivity contribution in [1.29, 1.82) is 0 Å². The van der Waals surface area contributed by atoms with Crippen LogP contribution in [0.4, 0.5) is 10.1 Å². The molecule has 29 heavy (non-hydrogen) atoms. The molecule has 0 saturated carbocycles. The van der Waals surface area contributed by atoms with Gasteiger partial charge in [0.25, 0.3) is 10.0 Å². The first-order valence-electron chi connectivity index (χ1n) is 8.74. The molecule has 2 aromatic carbocycles. The number of halogens is 2. The number of sulfonamides is 1. The second-order valence-corrected chi connectivity index (χ2v) is 10.1. The fourth-order valence-electron chi connectivity index (χ4n) is 3.31. The van der Waals surface area contributed by atoms with Crippen LogP contribution in [-0.2, 0) is 27.8 Å². The van der Waals surface area contributed by atoms with Gasteiger partial charge in [0.15, 0.2) is 0 Å². The summed E-state index contributed by atoms with van der Waals surface area (Å²) in [5.74, 6) is -1.28. The van der Waals surface area contributed by atoms with Crippen molar-refractivity contribution in [2.75, 3.05) is 5.32 Å². The first-order valence-corrected chi connectivity index (χ1v) is 11.4. The first kappa shape index (κ1) is 20.0. The van der Waals surface area contributed by atoms with Gasteiger partial charge >= 0.3 is 0 Å². The summed E-state index contributed by atoms with van der Waals surface area (Å²) >= 11 is 6.85. The Hall–Kier alpha value is -2.26. The molecule has 1 N–H and O–H groups in total. The zero-order valence-electron chi connectivity index (χ0n) is 15.0. The Kier molecular flexibility index (Phi) is 5.44. The Morgan fingerprint density at radius 3 is 2.59 bits per heavy atom. The van der Waals surface area contributed by atoms with Gasteiger partial charge in [0.1, 0.15) is 16.1 Å². The number of hydrogen-bond donors (Lipinski definition) is 1. The van der Waals surface area contributed by atoms with E-state index in [1.807, 2.05) is 24.3 Å². The molecule has 1 atom stereocenters. The van der Waals surface area contributed by atoms with Crippen molar-refractivity contribution in [3.05, 3.63) is 81.9 Å². The second kappa shape index (κ2) is 7.87. The molecular weight excluding hydrogens is 435 g/mol. The number of hydrogen-bond acceptors (Lipinski definition) is 4. The van der Waals surface area contributed by atoms with Gasteiger partial charge in [0.2, 0.25) is 5.91 Å². The van der Waals surface area contributed by atoms with Gasteiger partial charge in [-0.25, -0.2) is 12.8 Å². The highest BCUT2D eigenvalue weighted by Crippen LogP contribution is 2.31. The number of fused-ring (bicyclic) bond motifs is 1. The summed E-state index contributed by atoms with van der Waals surface area (Å²) in [6.45, 7) is 0.0671. The summed E-state index contributed by atoms with van der Waals surface area (Å²) in [5.41, 5.74) is 1.68. The molecule has 1 aliphatic heterocycles. The minimum atomic E-state index is -3.89. The predicted octanol–water partition coefficient (Wildman–Crippen LogP) is 4.29. The highest BCUT2D eigenvalue weighted by atomic mass is 35.5. The van der Waals surface area contributed by atoms with Crippen LogP contribution in [0.15, 0.2) is 64.2 Å². The van der Waals surface area contributed by atoms with Crippen LogP contribution in [0.25, 0.3) is 0 Å². The van der Waals surface area contributed by atoms with Gasteiger partial charge in [0.05, 0.1) is 5.69 Å². The maximum absolute atomic E-state index is 14.1. The zero-order valence-corrected chi connectivity index (χ0v) is 17.4. The largest absolute Gasteiger partial charge is 0.322 e. The van der Waals surface area contributed by atoms with Crippen molar-refractivity contribution in [3.63, 3.8) is 0 Å². The van der Waals surface area contributed by atoms with E-state index in [9.17, 15) is 17.6 Å². The molecule has 0 saturated heterocycles. The Bertz CT molecular complexity index is 1170. The molecule has 1 aromatic heterocycles. The summed E-state index contributed by atoms with van der Waals surface area (Å²) in [6, 6.07) is 13.4. The summed E-state index contributed by atoms with van der Waals surface area (Å²) in [7, 11) is -3.89. The third-order valence-corrected chi connectivity index (χ3v) is 8.22. The van der Waals surface area contributed by atoms with Crippen molar-refractivity contribution in [2.45, 2.75) is 23.2 Å². The van der Waals surface area contributed by atoms with Crippen LogP contribution in [0.3, 0.4) is 0 Å². The molecule has 150 valence electrons. The first-order chi connectivity index (χ1) is 13.9. The van der Waals surface area contributed by atoms with Gasteiger partial charge in [-0.1, -0.05) is 41.9 Å². The molecule has 1 aliphatic rings. The number of amides is 1. The standard InChI is InChI=1S/C20H16ClFN2O3S2/c21-15-7-8-17(16(22)11-15)23-20(25)18-10-13-4-1-2-5-14(13)12-24(18)29(26,27)19-6-3-9-28-19/h1-9,11,18H,10,12H2,(H,23,25)/t18-/m0/s1. The molecule has 0 radical (unpaired) electrons. The highest BCUT2D eigenvalue weighted by molar-refractivity contribution is 7.91. The summed E-state index contributed by atoms with van der Waals surface area (Å²) in [6.07, 6.45) is 0.196.